The minimum Gasteiger partial charge on any atom is -0.478 e. The first-order chi connectivity index (χ1) is 9.52. The van der Waals surface area contributed by atoms with Gasteiger partial charge in [-0.3, -0.25) is 4.79 Å². The van der Waals surface area contributed by atoms with Crippen molar-refractivity contribution in [2.75, 3.05) is 0 Å². The molecule has 2 aromatic rings. The maximum absolute atomic E-state index is 12.3. The van der Waals surface area contributed by atoms with E-state index in [1.165, 1.54) is 12.1 Å². The Hall–Kier alpha value is -2.95. The van der Waals surface area contributed by atoms with Gasteiger partial charge in [0, 0.05) is 11.1 Å². The molecule has 2 aromatic carbocycles. The van der Waals surface area contributed by atoms with Crippen molar-refractivity contribution < 1.29 is 24.6 Å². The van der Waals surface area contributed by atoms with Crippen molar-refractivity contribution in [3.63, 3.8) is 0 Å². The van der Waals surface area contributed by atoms with Crippen molar-refractivity contribution in [3.05, 3.63) is 70.8 Å². The number of hydrogen-bond donors (Lipinski definition) is 2. The Morgan fingerprint density at radius 3 is 1.85 bits per heavy atom. The van der Waals surface area contributed by atoms with E-state index in [0.717, 1.165) is 6.07 Å². The van der Waals surface area contributed by atoms with Crippen LogP contribution in [0.25, 0.3) is 0 Å². The Morgan fingerprint density at radius 1 is 0.700 bits per heavy atom. The zero-order valence-electron chi connectivity index (χ0n) is 10.2. The Labute approximate surface area is 114 Å². The summed E-state index contributed by atoms with van der Waals surface area (Å²) in [4.78, 5) is 34.6. The van der Waals surface area contributed by atoms with Gasteiger partial charge in [-0.15, -0.1) is 0 Å². The molecule has 2 rings (SSSR count). The first kappa shape index (κ1) is 13.5. The highest BCUT2D eigenvalue weighted by Gasteiger charge is 2.24. The molecule has 0 aliphatic heterocycles. The normalized spacial score (nSPS) is 10.0. The summed E-state index contributed by atoms with van der Waals surface area (Å²) >= 11 is 0. The van der Waals surface area contributed by atoms with E-state index in [-0.39, 0.29) is 5.56 Å². The molecule has 100 valence electrons. The van der Waals surface area contributed by atoms with E-state index in [1.807, 2.05) is 0 Å². The van der Waals surface area contributed by atoms with Crippen molar-refractivity contribution in [3.8, 4) is 0 Å². The molecular weight excluding hydrogens is 260 g/mol. The molecule has 0 bridgehead atoms. The molecule has 0 aromatic heterocycles. The predicted octanol–water partition coefficient (Wildman–Crippen LogP) is 2.31. The molecule has 0 saturated carbocycles. The fourth-order valence-electron chi connectivity index (χ4n) is 1.90. The van der Waals surface area contributed by atoms with Gasteiger partial charge in [0.2, 0.25) is 0 Å². The fraction of sp³-hybridized carbons (Fsp3) is 0. The van der Waals surface area contributed by atoms with Crippen molar-refractivity contribution >= 4 is 17.7 Å². The summed E-state index contributed by atoms with van der Waals surface area (Å²) in [5.74, 6) is -3.35. The van der Waals surface area contributed by atoms with Crippen LogP contribution >= 0.6 is 0 Å². The molecule has 0 heterocycles. The quantitative estimate of drug-likeness (QED) is 0.832. The molecule has 0 atom stereocenters. The molecule has 0 aliphatic rings. The van der Waals surface area contributed by atoms with Crippen LogP contribution in [0, 0.1) is 0 Å². The van der Waals surface area contributed by atoms with E-state index < -0.39 is 28.8 Å². The van der Waals surface area contributed by atoms with Gasteiger partial charge in [0.25, 0.3) is 0 Å². The van der Waals surface area contributed by atoms with Gasteiger partial charge in [-0.2, -0.15) is 0 Å². The Morgan fingerprint density at radius 2 is 1.30 bits per heavy atom. The van der Waals surface area contributed by atoms with Gasteiger partial charge < -0.3 is 10.2 Å². The van der Waals surface area contributed by atoms with E-state index >= 15 is 0 Å². The van der Waals surface area contributed by atoms with E-state index in [9.17, 15) is 19.5 Å². The van der Waals surface area contributed by atoms with Gasteiger partial charge in [0.15, 0.2) is 5.78 Å². The maximum atomic E-state index is 12.3. The van der Waals surface area contributed by atoms with E-state index in [1.54, 1.807) is 30.3 Å². The highest BCUT2D eigenvalue weighted by atomic mass is 16.4. The molecule has 0 aliphatic carbocycles. The van der Waals surface area contributed by atoms with Crippen LogP contribution in [0.5, 0.6) is 0 Å². The van der Waals surface area contributed by atoms with Gasteiger partial charge in [0.1, 0.15) is 0 Å². The van der Waals surface area contributed by atoms with Crippen LogP contribution in [0.1, 0.15) is 36.6 Å². The van der Waals surface area contributed by atoms with E-state index in [0.29, 0.717) is 5.56 Å². The SMILES string of the molecule is O=C(O)c1cccc(C(=O)c2ccccc2)c1C(=O)O. The molecule has 0 fully saturated rings. The van der Waals surface area contributed by atoms with Crippen LogP contribution in [-0.2, 0) is 0 Å². The number of hydrogen-bond acceptors (Lipinski definition) is 3. The Balaban J connectivity index is 2.63. The molecule has 0 saturated heterocycles. The number of aromatic carboxylic acids is 2. The second kappa shape index (κ2) is 5.36. The number of carbonyl (C=O) groups excluding carboxylic acids is 1. The second-order valence-corrected chi connectivity index (χ2v) is 4.03. The topological polar surface area (TPSA) is 91.7 Å². The van der Waals surface area contributed by atoms with Crippen LogP contribution < -0.4 is 0 Å². The molecule has 0 unspecified atom stereocenters. The van der Waals surface area contributed by atoms with Crippen LogP contribution in [-0.4, -0.2) is 27.9 Å². The summed E-state index contributed by atoms with van der Waals surface area (Å²) in [6.45, 7) is 0. The highest BCUT2D eigenvalue weighted by Crippen LogP contribution is 2.19. The highest BCUT2D eigenvalue weighted by molar-refractivity contribution is 6.17. The smallest absolute Gasteiger partial charge is 0.337 e. The van der Waals surface area contributed by atoms with Crippen LogP contribution in [0.2, 0.25) is 0 Å². The summed E-state index contributed by atoms with van der Waals surface area (Å²) in [6.07, 6.45) is 0. The number of rotatable bonds is 4. The Kier molecular flexibility index (Phi) is 3.61. The van der Waals surface area contributed by atoms with Crippen molar-refractivity contribution in [1.29, 1.82) is 0 Å². The summed E-state index contributed by atoms with van der Waals surface area (Å²) in [6, 6.07) is 11.9. The zero-order valence-corrected chi connectivity index (χ0v) is 10.2. The molecule has 20 heavy (non-hydrogen) atoms. The number of carboxylic acids is 2. The first-order valence-corrected chi connectivity index (χ1v) is 5.71. The molecule has 0 amide bonds. The minimum absolute atomic E-state index is 0.136. The molecule has 2 N–H and O–H groups in total. The van der Waals surface area contributed by atoms with Crippen molar-refractivity contribution in [2.24, 2.45) is 0 Å². The molecule has 0 spiro atoms. The summed E-state index contributed by atoms with van der Waals surface area (Å²) in [5, 5.41) is 18.2. The molecular formula is C15H10O5. The average Bonchev–Trinajstić information content (AvgIpc) is 2.46. The summed E-state index contributed by atoms with van der Waals surface area (Å²) in [7, 11) is 0. The van der Waals surface area contributed by atoms with Gasteiger partial charge in [-0.05, 0) is 6.07 Å². The average molecular weight is 270 g/mol. The van der Waals surface area contributed by atoms with Crippen LogP contribution in [0.15, 0.2) is 48.5 Å². The number of carbonyl (C=O) groups is 3. The monoisotopic (exact) mass is 270 g/mol. The summed E-state index contributed by atoms with van der Waals surface area (Å²) in [5.41, 5.74) is -0.728. The molecule has 5 heteroatoms. The minimum atomic E-state index is -1.44. The standard InChI is InChI=1S/C15H10O5/c16-13(9-5-2-1-3-6-9)10-7-4-8-11(14(17)18)12(10)15(19)20/h1-8H,(H,17,18)(H,19,20). The summed E-state index contributed by atoms with van der Waals surface area (Å²) < 4.78 is 0. The predicted molar refractivity (Wildman–Crippen MR) is 70.2 cm³/mol. The fourth-order valence-corrected chi connectivity index (χ4v) is 1.90. The first-order valence-electron chi connectivity index (χ1n) is 5.71. The maximum Gasteiger partial charge on any atom is 0.337 e. The molecule has 0 radical (unpaired) electrons. The van der Waals surface area contributed by atoms with Gasteiger partial charge >= 0.3 is 11.9 Å². The van der Waals surface area contributed by atoms with Gasteiger partial charge in [-0.25, -0.2) is 9.59 Å². The number of carboxylic acid groups (broad SMARTS) is 2. The van der Waals surface area contributed by atoms with Gasteiger partial charge in [-0.1, -0.05) is 42.5 Å². The Bertz CT molecular complexity index is 689. The second-order valence-electron chi connectivity index (χ2n) is 4.03. The lowest BCUT2D eigenvalue weighted by molar-refractivity contribution is 0.0649. The van der Waals surface area contributed by atoms with Gasteiger partial charge in [0.05, 0.1) is 11.1 Å². The largest absolute Gasteiger partial charge is 0.478 e. The third-order valence-corrected chi connectivity index (χ3v) is 2.79. The zero-order chi connectivity index (χ0) is 14.7. The van der Waals surface area contributed by atoms with E-state index in [2.05, 4.69) is 0 Å². The number of benzene rings is 2. The van der Waals surface area contributed by atoms with Crippen molar-refractivity contribution in [2.45, 2.75) is 0 Å². The lowest BCUT2D eigenvalue weighted by atomic mass is 9.94. The lowest BCUT2D eigenvalue weighted by Crippen LogP contribution is -2.15. The third-order valence-electron chi connectivity index (χ3n) is 2.79. The van der Waals surface area contributed by atoms with E-state index in [4.69, 9.17) is 5.11 Å². The van der Waals surface area contributed by atoms with Crippen LogP contribution in [0.4, 0.5) is 0 Å². The number of ketones is 1. The molecule has 5 nitrogen and oxygen atoms in total. The third kappa shape index (κ3) is 2.42. The van der Waals surface area contributed by atoms with Crippen LogP contribution in [0.3, 0.4) is 0 Å². The lowest BCUT2D eigenvalue weighted by Gasteiger charge is -2.08. The van der Waals surface area contributed by atoms with Crippen molar-refractivity contribution in [1.82, 2.24) is 0 Å².